The number of carbonyl (C=O) groups excluding carboxylic acids is 1. The molecule has 3 rings (SSSR count). The van der Waals surface area contributed by atoms with Crippen LogP contribution in [-0.2, 0) is 9.53 Å². The normalized spacial score (nSPS) is 18.2. The fraction of sp³-hybridized carbons (Fsp3) is 0.333. The lowest BCUT2D eigenvalue weighted by Crippen LogP contribution is -2.45. The number of H-pyrrole nitrogens is 1. The van der Waals surface area contributed by atoms with Crippen molar-refractivity contribution < 1.29 is 18.7 Å². The maximum Gasteiger partial charge on any atom is 0.261 e. The maximum absolute atomic E-state index is 13.1. The average Bonchev–Trinajstić information content (AvgIpc) is 3.07. The number of aromatic amines is 1. The van der Waals surface area contributed by atoms with Gasteiger partial charge in [-0.15, -0.1) is 0 Å². The van der Waals surface area contributed by atoms with E-state index in [4.69, 9.17) is 9.47 Å². The van der Waals surface area contributed by atoms with Gasteiger partial charge in [-0.25, -0.2) is 4.39 Å². The van der Waals surface area contributed by atoms with Crippen molar-refractivity contribution >= 4 is 5.91 Å². The third-order valence-corrected chi connectivity index (χ3v) is 3.49. The van der Waals surface area contributed by atoms with Crippen LogP contribution < -0.4 is 4.74 Å². The van der Waals surface area contributed by atoms with Gasteiger partial charge in [-0.2, -0.15) is 5.10 Å². The summed E-state index contributed by atoms with van der Waals surface area (Å²) in [4.78, 5) is 14.1. The van der Waals surface area contributed by atoms with Crippen LogP contribution in [0, 0.1) is 5.82 Å². The molecular formula is C15H16FN3O3. The third-order valence-electron chi connectivity index (χ3n) is 3.49. The highest BCUT2D eigenvalue weighted by molar-refractivity contribution is 5.78. The molecule has 2 aromatic rings. The van der Waals surface area contributed by atoms with E-state index in [9.17, 15) is 9.18 Å². The Kier molecular flexibility index (Phi) is 4.34. The molecule has 1 fully saturated rings. The van der Waals surface area contributed by atoms with E-state index >= 15 is 0 Å². The Hall–Kier alpha value is -2.41. The van der Waals surface area contributed by atoms with Crippen LogP contribution in [0.2, 0.25) is 0 Å². The Bertz CT molecular complexity index is 633. The number of ether oxygens (including phenoxy) is 2. The molecule has 0 bridgehead atoms. The number of carbonyl (C=O) groups is 1. The molecule has 0 saturated carbocycles. The van der Waals surface area contributed by atoms with Crippen molar-refractivity contribution in [1.82, 2.24) is 15.1 Å². The Morgan fingerprint density at radius 2 is 2.41 bits per heavy atom. The van der Waals surface area contributed by atoms with Crippen molar-refractivity contribution in [2.45, 2.75) is 6.04 Å². The molecule has 1 amide bonds. The zero-order valence-corrected chi connectivity index (χ0v) is 11.9. The second-order valence-electron chi connectivity index (χ2n) is 4.94. The van der Waals surface area contributed by atoms with Gasteiger partial charge in [-0.3, -0.25) is 9.89 Å². The first-order valence-corrected chi connectivity index (χ1v) is 6.99. The highest BCUT2D eigenvalue weighted by atomic mass is 19.1. The van der Waals surface area contributed by atoms with Gasteiger partial charge in [0.15, 0.2) is 6.61 Å². The molecule has 116 valence electrons. The SMILES string of the molecule is O=C(COc1cccc(F)c1)N1CCOC[C@H]1c1ccn[nH]1. The van der Waals surface area contributed by atoms with Crippen LogP contribution in [-0.4, -0.2) is 47.4 Å². The molecule has 0 spiro atoms. The summed E-state index contributed by atoms with van der Waals surface area (Å²) < 4.78 is 23.9. The first-order chi connectivity index (χ1) is 10.7. The number of nitrogens with zero attached hydrogens (tertiary/aromatic N) is 2. The van der Waals surface area contributed by atoms with Crippen LogP contribution >= 0.6 is 0 Å². The predicted octanol–water partition coefficient (Wildman–Crippen LogP) is 1.53. The van der Waals surface area contributed by atoms with Crippen molar-refractivity contribution in [1.29, 1.82) is 0 Å². The largest absolute Gasteiger partial charge is 0.484 e. The van der Waals surface area contributed by atoms with Gasteiger partial charge in [0.25, 0.3) is 5.91 Å². The van der Waals surface area contributed by atoms with Gasteiger partial charge in [0.05, 0.1) is 24.9 Å². The second-order valence-corrected chi connectivity index (χ2v) is 4.94. The summed E-state index contributed by atoms with van der Waals surface area (Å²) in [5, 5.41) is 6.76. The molecule has 1 aromatic heterocycles. The molecule has 2 heterocycles. The van der Waals surface area contributed by atoms with E-state index in [0.717, 1.165) is 5.69 Å². The van der Waals surface area contributed by atoms with E-state index in [1.165, 1.54) is 18.2 Å². The van der Waals surface area contributed by atoms with Crippen molar-refractivity contribution in [3.63, 3.8) is 0 Å². The van der Waals surface area contributed by atoms with Crippen LogP contribution in [0.5, 0.6) is 5.75 Å². The fourth-order valence-electron chi connectivity index (χ4n) is 2.40. The van der Waals surface area contributed by atoms with Crippen LogP contribution in [0.3, 0.4) is 0 Å². The van der Waals surface area contributed by atoms with Gasteiger partial charge in [-0.1, -0.05) is 6.07 Å². The van der Waals surface area contributed by atoms with Gasteiger partial charge in [-0.05, 0) is 18.2 Å². The molecule has 7 heteroatoms. The van der Waals surface area contributed by atoms with Crippen molar-refractivity contribution in [2.75, 3.05) is 26.4 Å². The summed E-state index contributed by atoms with van der Waals surface area (Å²) >= 11 is 0. The van der Waals surface area contributed by atoms with Crippen LogP contribution in [0.25, 0.3) is 0 Å². The molecule has 0 unspecified atom stereocenters. The first kappa shape index (κ1) is 14.5. The fourth-order valence-corrected chi connectivity index (χ4v) is 2.40. The number of amides is 1. The van der Waals surface area contributed by atoms with Gasteiger partial charge in [0.2, 0.25) is 0 Å². The number of hydrogen-bond donors (Lipinski definition) is 1. The minimum Gasteiger partial charge on any atom is -0.484 e. The molecule has 6 nitrogen and oxygen atoms in total. The lowest BCUT2D eigenvalue weighted by Gasteiger charge is -2.34. The number of halogens is 1. The van der Waals surface area contributed by atoms with E-state index in [0.29, 0.717) is 25.5 Å². The number of morpholine rings is 1. The molecule has 1 aliphatic rings. The molecule has 22 heavy (non-hydrogen) atoms. The summed E-state index contributed by atoms with van der Waals surface area (Å²) in [6.07, 6.45) is 1.63. The van der Waals surface area contributed by atoms with E-state index in [2.05, 4.69) is 10.2 Å². The quantitative estimate of drug-likeness (QED) is 0.930. The van der Waals surface area contributed by atoms with Crippen LogP contribution in [0.15, 0.2) is 36.5 Å². The number of hydrogen-bond acceptors (Lipinski definition) is 4. The van der Waals surface area contributed by atoms with Crippen molar-refractivity contribution in [3.8, 4) is 5.75 Å². The molecule has 0 aliphatic carbocycles. The topological polar surface area (TPSA) is 67.4 Å². The number of rotatable bonds is 4. The highest BCUT2D eigenvalue weighted by Gasteiger charge is 2.29. The lowest BCUT2D eigenvalue weighted by molar-refractivity contribution is -0.142. The number of aromatic nitrogens is 2. The van der Waals surface area contributed by atoms with Crippen molar-refractivity contribution in [3.05, 3.63) is 48.0 Å². The summed E-state index contributed by atoms with van der Waals surface area (Å²) in [6.45, 7) is 1.23. The van der Waals surface area contributed by atoms with Crippen LogP contribution in [0.4, 0.5) is 4.39 Å². The van der Waals surface area contributed by atoms with Crippen LogP contribution in [0.1, 0.15) is 11.7 Å². The Balaban J connectivity index is 1.65. The molecule has 1 aromatic carbocycles. The van der Waals surface area contributed by atoms with E-state index < -0.39 is 5.82 Å². The van der Waals surface area contributed by atoms with Crippen molar-refractivity contribution in [2.24, 2.45) is 0 Å². The minimum absolute atomic E-state index is 0.145. The van der Waals surface area contributed by atoms with Gasteiger partial charge < -0.3 is 14.4 Å². The summed E-state index contributed by atoms with van der Waals surface area (Å²) in [6, 6.07) is 7.33. The number of benzene rings is 1. The van der Waals surface area contributed by atoms with E-state index in [1.54, 1.807) is 17.2 Å². The number of nitrogens with one attached hydrogen (secondary N) is 1. The minimum atomic E-state index is -0.397. The highest BCUT2D eigenvalue weighted by Crippen LogP contribution is 2.22. The monoisotopic (exact) mass is 305 g/mol. The Labute approximate surface area is 126 Å². The third kappa shape index (κ3) is 3.25. The standard InChI is InChI=1S/C15H16FN3O3/c16-11-2-1-3-12(8-11)22-10-15(20)19-6-7-21-9-14(19)13-4-5-17-18-13/h1-5,8,14H,6-7,9-10H2,(H,17,18)/t14-/m0/s1. The van der Waals surface area contributed by atoms with Gasteiger partial charge in [0, 0.05) is 18.8 Å². The van der Waals surface area contributed by atoms with Gasteiger partial charge >= 0.3 is 0 Å². The molecule has 1 N–H and O–H groups in total. The average molecular weight is 305 g/mol. The lowest BCUT2D eigenvalue weighted by atomic mass is 10.1. The predicted molar refractivity (Wildman–Crippen MR) is 75.8 cm³/mol. The smallest absolute Gasteiger partial charge is 0.261 e. The molecule has 1 aliphatic heterocycles. The summed E-state index contributed by atoms with van der Waals surface area (Å²) in [5.74, 6) is -0.237. The maximum atomic E-state index is 13.1. The summed E-state index contributed by atoms with van der Waals surface area (Å²) in [5.41, 5.74) is 0.818. The van der Waals surface area contributed by atoms with E-state index in [-0.39, 0.29) is 18.6 Å². The zero-order valence-electron chi connectivity index (χ0n) is 11.9. The molecule has 0 radical (unpaired) electrons. The Morgan fingerprint density at radius 1 is 1.50 bits per heavy atom. The zero-order chi connectivity index (χ0) is 15.4. The molecular weight excluding hydrogens is 289 g/mol. The second kappa shape index (κ2) is 6.57. The summed E-state index contributed by atoms with van der Waals surface area (Å²) in [7, 11) is 0. The molecule has 1 atom stereocenters. The van der Waals surface area contributed by atoms with E-state index in [1.807, 2.05) is 6.07 Å². The molecule has 1 saturated heterocycles. The van der Waals surface area contributed by atoms with Gasteiger partial charge in [0.1, 0.15) is 11.6 Å². The first-order valence-electron chi connectivity index (χ1n) is 6.99. The Morgan fingerprint density at radius 3 is 3.18 bits per heavy atom.